The van der Waals surface area contributed by atoms with E-state index in [2.05, 4.69) is 16.9 Å². The molecule has 3 aromatic rings. The third-order valence-corrected chi connectivity index (χ3v) is 7.31. The molecule has 35 heavy (non-hydrogen) atoms. The first-order chi connectivity index (χ1) is 16.9. The molecule has 2 aliphatic rings. The molecule has 10 heteroatoms. The summed E-state index contributed by atoms with van der Waals surface area (Å²) in [6.07, 6.45) is 2.69. The number of carboxylic acid groups (broad SMARTS) is 1. The molecule has 1 fully saturated rings. The Morgan fingerprint density at radius 2 is 1.94 bits per heavy atom. The van der Waals surface area contributed by atoms with Crippen molar-refractivity contribution in [3.63, 3.8) is 0 Å². The van der Waals surface area contributed by atoms with Gasteiger partial charge >= 0.3 is 6.09 Å². The fourth-order valence-electron chi connectivity index (χ4n) is 5.49. The molecule has 1 spiro atoms. The fraction of sp³-hybridized carbons (Fsp3) is 0.400. The minimum atomic E-state index is -0.970. The lowest BCUT2D eigenvalue weighted by Crippen LogP contribution is -2.63. The number of amides is 1. The first kappa shape index (κ1) is 23.0. The monoisotopic (exact) mass is 476 g/mol. The molecule has 4 heterocycles. The zero-order valence-electron chi connectivity index (χ0n) is 19.5. The predicted molar refractivity (Wildman–Crippen MR) is 129 cm³/mol. The van der Waals surface area contributed by atoms with Gasteiger partial charge in [-0.2, -0.15) is 0 Å². The standard InChI is InChI=1S/C25H28N6O4/c1-2-18-14-30-21(33)13-19(22-26-10-6-11-27-22)28-23(30)31(15-20(32)17-7-4-3-5-8-17)25(18)9-12-29(16-25)24(34)35/h3-8,10-11,13,18,20,32H,2,9,12,14-16H2,1H3,(H,34,35)/t18?,20-,25?/m1/s1. The third kappa shape index (κ3) is 4.03. The topological polar surface area (TPSA) is 125 Å². The Balaban J connectivity index is 1.66. The molecule has 2 aliphatic heterocycles. The highest BCUT2D eigenvalue weighted by Crippen LogP contribution is 2.44. The van der Waals surface area contributed by atoms with Gasteiger partial charge in [0.1, 0.15) is 5.69 Å². The van der Waals surface area contributed by atoms with Crippen molar-refractivity contribution >= 4 is 12.0 Å². The lowest BCUT2D eigenvalue weighted by Gasteiger charge is -2.51. The third-order valence-electron chi connectivity index (χ3n) is 7.31. The largest absolute Gasteiger partial charge is 0.465 e. The maximum atomic E-state index is 13.3. The molecule has 2 N–H and O–H groups in total. The van der Waals surface area contributed by atoms with Crippen molar-refractivity contribution in [3.8, 4) is 11.5 Å². The number of hydrogen-bond donors (Lipinski definition) is 2. The zero-order chi connectivity index (χ0) is 24.6. The molecule has 0 radical (unpaired) electrons. The van der Waals surface area contributed by atoms with Crippen molar-refractivity contribution in [1.82, 2.24) is 24.4 Å². The van der Waals surface area contributed by atoms with Crippen LogP contribution in [-0.4, -0.2) is 65.9 Å². The Labute approximate surface area is 202 Å². The summed E-state index contributed by atoms with van der Waals surface area (Å²) in [4.78, 5) is 41.9. The number of nitrogens with zero attached hydrogens (tertiary/aromatic N) is 6. The number of carbonyl (C=O) groups is 1. The number of hydrogen-bond acceptors (Lipinski definition) is 7. The van der Waals surface area contributed by atoms with Crippen LogP contribution in [0.15, 0.2) is 59.7 Å². The minimum Gasteiger partial charge on any atom is -0.465 e. The van der Waals surface area contributed by atoms with Gasteiger partial charge in [0.15, 0.2) is 5.82 Å². The van der Waals surface area contributed by atoms with E-state index in [1.165, 1.54) is 11.0 Å². The predicted octanol–water partition coefficient (Wildman–Crippen LogP) is 2.40. The van der Waals surface area contributed by atoms with Gasteiger partial charge in [0.25, 0.3) is 5.56 Å². The Bertz CT molecular complexity index is 1270. The minimum absolute atomic E-state index is 0.000601. The number of aliphatic hydroxyl groups is 1. The summed E-state index contributed by atoms with van der Waals surface area (Å²) >= 11 is 0. The van der Waals surface area contributed by atoms with E-state index in [1.807, 2.05) is 35.2 Å². The molecule has 2 aromatic heterocycles. The summed E-state index contributed by atoms with van der Waals surface area (Å²) in [6.45, 7) is 3.32. The number of aromatic nitrogens is 4. The summed E-state index contributed by atoms with van der Waals surface area (Å²) in [7, 11) is 0. The zero-order valence-corrected chi connectivity index (χ0v) is 19.5. The molecule has 2 unspecified atom stereocenters. The smallest absolute Gasteiger partial charge is 0.407 e. The molecule has 0 saturated carbocycles. The number of anilines is 1. The lowest BCUT2D eigenvalue weighted by molar-refractivity contribution is 0.127. The Morgan fingerprint density at radius 1 is 1.20 bits per heavy atom. The second-order valence-electron chi connectivity index (χ2n) is 9.16. The molecular weight excluding hydrogens is 448 g/mol. The molecule has 5 rings (SSSR count). The SMILES string of the molecule is CCC1Cn2c(nc(-c3ncccn3)cc2=O)N(C[C@@H](O)c2ccccc2)C12CCN(C(=O)O)C2. The molecule has 1 saturated heterocycles. The Morgan fingerprint density at radius 3 is 2.60 bits per heavy atom. The van der Waals surface area contributed by atoms with Crippen LogP contribution in [0.5, 0.6) is 0 Å². The van der Waals surface area contributed by atoms with Crippen LogP contribution in [0.25, 0.3) is 11.5 Å². The highest BCUT2D eigenvalue weighted by molar-refractivity contribution is 5.66. The summed E-state index contributed by atoms with van der Waals surface area (Å²) < 4.78 is 1.63. The van der Waals surface area contributed by atoms with E-state index < -0.39 is 17.7 Å². The molecule has 1 aromatic carbocycles. The maximum absolute atomic E-state index is 13.3. The van der Waals surface area contributed by atoms with E-state index in [4.69, 9.17) is 4.98 Å². The van der Waals surface area contributed by atoms with Crippen molar-refractivity contribution in [2.45, 2.75) is 38.0 Å². The van der Waals surface area contributed by atoms with Gasteiger partial charge in [-0.05, 0) is 24.5 Å². The van der Waals surface area contributed by atoms with Crippen molar-refractivity contribution in [3.05, 3.63) is 70.8 Å². The summed E-state index contributed by atoms with van der Waals surface area (Å²) in [6, 6.07) is 12.4. The Kier molecular flexibility index (Phi) is 5.98. The average molecular weight is 477 g/mol. The van der Waals surface area contributed by atoms with Gasteiger partial charge in [-0.3, -0.25) is 9.36 Å². The molecular formula is C25H28N6O4. The van der Waals surface area contributed by atoms with Crippen LogP contribution in [0, 0.1) is 5.92 Å². The van der Waals surface area contributed by atoms with Crippen LogP contribution in [0.4, 0.5) is 10.7 Å². The first-order valence-corrected chi connectivity index (χ1v) is 11.8. The highest BCUT2D eigenvalue weighted by Gasteiger charge is 2.53. The maximum Gasteiger partial charge on any atom is 0.407 e. The van der Waals surface area contributed by atoms with Crippen molar-refractivity contribution in [2.75, 3.05) is 24.5 Å². The van der Waals surface area contributed by atoms with Crippen LogP contribution >= 0.6 is 0 Å². The molecule has 1 amide bonds. The van der Waals surface area contributed by atoms with Gasteiger partial charge < -0.3 is 20.0 Å². The lowest BCUT2D eigenvalue weighted by atomic mass is 9.77. The van der Waals surface area contributed by atoms with Crippen LogP contribution < -0.4 is 10.5 Å². The van der Waals surface area contributed by atoms with Crippen LogP contribution in [0.1, 0.15) is 31.4 Å². The van der Waals surface area contributed by atoms with Gasteiger partial charge in [0.2, 0.25) is 5.95 Å². The van der Waals surface area contributed by atoms with Gasteiger partial charge in [0, 0.05) is 44.0 Å². The normalized spacial score (nSPS) is 22.3. The van der Waals surface area contributed by atoms with Gasteiger partial charge in [-0.25, -0.2) is 19.7 Å². The van der Waals surface area contributed by atoms with Crippen molar-refractivity contribution in [1.29, 1.82) is 0 Å². The van der Waals surface area contributed by atoms with E-state index >= 15 is 0 Å². The summed E-state index contributed by atoms with van der Waals surface area (Å²) in [5.41, 5.74) is 0.265. The molecule has 3 atom stereocenters. The highest BCUT2D eigenvalue weighted by atomic mass is 16.4. The van der Waals surface area contributed by atoms with E-state index in [9.17, 15) is 19.8 Å². The van der Waals surface area contributed by atoms with E-state index in [0.29, 0.717) is 37.0 Å². The van der Waals surface area contributed by atoms with Crippen LogP contribution in [0.2, 0.25) is 0 Å². The van der Waals surface area contributed by atoms with Crippen molar-refractivity contribution in [2.24, 2.45) is 5.92 Å². The first-order valence-electron chi connectivity index (χ1n) is 11.8. The summed E-state index contributed by atoms with van der Waals surface area (Å²) in [5, 5.41) is 21.0. The van der Waals surface area contributed by atoms with Gasteiger partial charge in [-0.1, -0.05) is 37.3 Å². The molecule has 0 aliphatic carbocycles. The quantitative estimate of drug-likeness (QED) is 0.575. The number of β-amino-alcohol motifs (C(OH)–C–C–N with tert-alkyl or cyclic N) is 1. The number of rotatable bonds is 5. The molecule has 0 bridgehead atoms. The van der Waals surface area contributed by atoms with Crippen molar-refractivity contribution < 1.29 is 15.0 Å². The molecule has 182 valence electrons. The number of fused-ring (bicyclic) bond motifs is 1. The second-order valence-corrected chi connectivity index (χ2v) is 9.16. The van der Waals surface area contributed by atoms with E-state index in [0.717, 1.165) is 12.0 Å². The molecule has 10 nitrogen and oxygen atoms in total. The van der Waals surface area contributed by atoms with E-state index in [-0.39, 0.29) is 24.6 Å². The summed E-state index contributed by atoms with van der Waals surface area (Å²) in [5.74, 6) is 0.745. The van der Waals surface area contributed by atoms with E-state index in [1.54, 1.807) is 23.0 Å². The van der Waals surface area contributed by atoms with Gasteiger partial charge in [-0.15, -0.1) is 0 Å². The number of aliphatic hydroxyl groups excluding tert-OH is 1. The fourth-order valence-corrected chi connectivity index (χ4v) is 5.49. The number of benzene rings is 1. The van der Waals surface area contributed by atoms with Crippen LogP contribution in [-0.2, 0) is 6.54 Å². The second kappa shape index (κ2) is 9.10. The average Bonchev–Trinajstić information content (AvgIpc) is 3.33. The Hall–Kier alpha value is -3.79. The van der Waals surface area contributed by atoms with Gasteiger partial charge in [0.05, 0.1) is 18.2 Å². The number of likely N-dealkylation sites (tertiary alicyclic amines) is 1. The van der Waals surface area contributed by atoms with Crippen LogP contribution in [0.3, 0.4) is 0 Å².